The summed E-state index contributed by atoms with van der Waals surface area (Å²) in [5, 5.41) is 9.35. The molecule has 0 radical (unpaired) electrons. The van der Waals surface area contributed by atoms with Gasteiger partial charge in [-0.1, -0.05) is 54.0 Å². The summed E-state index contributed by atoms with van der Waals surface area (Å²) >= 11 is 3.45. The summed E-state index contributed by atoms with van der Waals surface area (Å²) in [6.07, 6.45) is 1.38. The van der Waals surface area contributed by atoms with Crippen molar-refractivity contribution in [2.75, 3.05) is 18.5 Å². The highest BCUT2D eigenvalue weighted by atomic mass is 79.9. The number of carbonyl (C=O) groups excluding carboxylic acids is 3. The Morgan fingerprint density at radius 2 is 1.61 bits per heavy atom. The minimum Gasteiger partial charge on any atom is -0.490 e. The summed E-state index contributed by atoms with van der Waals surface area (Å²) in [6, 6.07) is 16.7. The zero-order valence-corrected chi connectivity index (χ0v) is 25.4. The van der Waals surface area contributed by atoms with E-state index in [9.17, 15) is 14.4 Å². The standard InChI is InChI=1S/C31H35BrN4O5/c1-6-40-27-15-23(9-12-26(27)41-18-28(37)35-29-20(4)13-25(32)14-21(29)5)17-34-36-31(39)30(38)33-16-22-7-10-24(11-8-22)19(2)3/h7-15,17,19H,6,16,18H2,1-5H3,(H,33,38)(H,35,37)(H,36,39)/b34-17-. The van der Waals surface area contributed by atoms with E-state index in [1.54, 1.807) is 18.2 Å². The molecular formula is C31H35BrN4O5. The van der Waals surface area contributed by atoms with Crippen molar-refractivity contribution in [3.8, 4) is 11.5 Å². The molecular weight excluding hydrogens is 588 g/mol. The number of amides is 3. The van der Waals surface area contributed by atoms with Crippen LogP contribution in [0.15, 0.2) is 64.2 Å². The SMILES string of the molecule is CCOc1cc(/C=N\NC(=O)C(=O)NCc2ccc(C(C)C)cc2)ccc1OCC(=O)Nc1c(C)cc(Br)cc1C. The van der Waals surface area contributed by atoms with Crippen LogP contribution in [-0.2, 0) is 20.9 Å². The second-order valence-corrected chi connectivity index (χ2v) is 10.6. The van der Waals surface area contributed by atoms with Gasteiger partial charge in [0.15, 0.2) is 18.1 Å². The van der Waals surface area contributed by atoms with Gasteiger partial charge in [0.05, 0.1) is 12.8 Å². The van der Waals surface area contributed by atoms with Crippen molar-refractivity contribution >= 4 is 45.6 Å². The zero-order chi connectivity index (χ0) is 29.9. The monoisotopic (exact) mass is 622 g/mol. The van der Waals surface area contributed by atoms with Crippen LogP contribution in [0.5, 0.6) is 11.5 Å². The van der Waals surface area contributed by atoms with Crippen LogP contribution < -0.4 is 25.5 Å². The first kappa shape index (κ1) is 31.3. The number of rotatable bonds is 11. The van der Waals surface area contributed by atoms with Crippen molar-refractivity contribution in [1.29, 1.82) is 0 Å². The highest BCUT2D eigenvalue weighted by Crippen LogP contribution is 2.29. The predicted molar refractivity (Wildman–Crippen MR) is 163 cm³/mol. The molecule has 0 aliphatic heterocycles. The molecule has 3 aromatic carbocycles. The lowest BCUT2D eigenvalue weighted by atomic mass is 10.0. The van der Waals surface area contributed by atoms with Gasteiger partial charge in [0.1, 0.15) is 0 Å². The molecule has 0 atom stereocenters. The normalized spacial score (nSPS) is 10.9. The topological polar surface area (TPSA) is 118 Å². The predicted octanol–water partition coefficient (Wildman–Crippen LogP) is 5.37. The van der Waals surface area contributed by atoms with Gasteiger partial charge in [0.25, 0.3) is 5.91 Å². The van der Waals surface area contributed by atoms with Crippen LogP contribution in [0.1, 0.15) is 54.5 Å². The van der Waals surface area contributed by atoms with E-state index in [0.29, 0.717) is 29.6 Å². The molecule has 3 aromatic rings. The second-order valence-electron chi connectivity index (χ2n) is 9.67. The van der Waals surface area contributed by atoms with Crippen LogP contribution in [0.2, 0.25) is 0 Å². The second kappa shape index (κ2) is 15.0. The van der Waals surface area contributed by atoms with Crippen LogP contribution in [0.3, 0.4) is 0 Å². The van der Waals surface area contributed by atoms with E-state index >= 15 is 0 Å². The summed E-state index contributed by atoms with van der Waals surface area (Å²) in [5.41, 5.74) is 7.52. The van der Waals surface area contributed by atoms with Crippen molar-refractivity contribution in [2.24, 2.45) is 5.10 Å². The Morgan fingerprint density at radius 3 is 2.24 bits per heavy atom. The fraction of sp³-hybridized carbons (Fsp3) is 0.290. The molecule has 0 saturated heterocycles. The van der Waals surface area contributed by atoms with Crippen LogP contribution in [0.25, 0.3) is 0 Å². The summed E-state index contributed by atoms with van der Waals surface area (Å²) < 4.78 is 12.3. The van der Waals surface area contributed by atoms with E-state index < -0.39 is 11.8 Å². The van der Waals surface area contributed by atoms with Gasteiger partial charge in [-0.2, -0.15) is 5.10 Å². The van der Waals surface area contributed by atoms with Crippen molar-refractivity contribution in [3.63, 3.8) is 0 Å². The number of anilines is 1. The number of nitrogens with zero attached hydrogens (tertiary/aromatic N) is 1. The van der Waals surface area contributed by atoms with Crippen LogP contribution in [-0.4, -0.2) is 37.1 Å². The summed E-state index contributed by atoms with van der Waals surface area (Å²) in [7, 11) is 0. The first-order valence-electron chi connectivity index (χ1n) is 13.2. The molecule has 0 heterocycles. The molecule has 0 spiro atoms. The number of halogens is 1. The molecule has 0 aliphatic carbocycles. The van der Waals surface area contributed by atoms with Crippen LogP contribution in [0.4, 0.5) is 5.69 Å². The average Bonchev–Trinajstić information content (AvgIpc) is 2.93. The van der Waals surface area contributed by atoms with Gasteiger partial charge in [-0.15, -0.1) is 0 Å². The first-order valence-corrected chi connectivity index (χ1v) is 14.0. The van der Waals surface area contributed by atoms with Crippen molar-refractivity contribution in [1.82, 2.24) is 10.7 Å². The van der Waals surface area contributed by atoms with Crippen LogP contribution >= 0.6 is 15.9 Å². The van der Waals surface area contributed by atoms with E-state index in [1.807, 2.05) is 57.2 Å². The third kappa shape index (κ3) is 9.46. The Morgan fingerprint density at radius 1 is 0.927 bits per heavy atom. The maximum Gasteiger partial charge on any atom is 0.329 e. The van der Waals surface area contributed by atoms with Gasteiger partial charge in [0, 0.05) is 16.7 Å². The van der Waals surface area contributed by atoms with E-state index in [0.717, 1.165) is 26.9 Å². The van der Waals surface area contributed by atoms with Crippen molar-refractivity contribution < 1.29 is 23.9 Å². The fourth-order valence-electron chi connectivity index (χ4n) is 3.92. The molecule has 3 rings (SSSR count). The fourth-order valence-corrected chi connectivity index (χ4v) is 4.61. The Balaban J connectivity index is 1.53. The largest absolute Gasteiger partial charge is 0.490 e. The number of benzene rings is 3. The molecule has 3 N–H and O–H groups in total. The molecule has 0 unspecified atom stereocenters. The molecule has 0 saturated carbocycles. The quantitative estimate of drug-likeness (QED) is 0.151. The summed E-state index contributed by atoms with van der Waals surface area (Å²) in [4.78, 5) is 36.8. The lowest BCUT2D eigenvalue weighted by molar-refractivity contribution is -0.139. The maximum absolute atomic E-state index is 12.6. The minimum atomic E-state index is -0.882. The summed E-state index contributed by atoms with van der Waals surface area (Å²) in [5.74, 6) is -0.770. The Kier molecular flexibility index (Phi) is 11.5. The first-order chi connectivity index (χ1) is 19.6. The van der Waals surface area contributed by atoms with Crippen LogP contribution in [0, 0.1) is 13.8 Å². The van der Waals surface area contributed by atoms with Gasteiger partial charge < -0.3 is 20.1 Å². The molecule has 3 amide bonds. The van der Waals surface area contributed by atoms with Gasteiger partial charge in [-0.25, -0.2) is 5.43 Å². The molecule has 0 bridgehead atoms. The number of aryl methyl sites for hydroxylation is 2. The third-order valence-electron chi connectivity index (χ3n) is 6.07. The molecule has 0 aliphatic rings. The summed E-state index contributed by atoms with van der Waals surface area (Å²) in [6.45, 7) is 10.3. The number of hydrazone groups is 1. The zero-order valence-electron chi connectivity index (χ0n) is 23.8. The molecule has 9 nitrogen and oxygen atoms in total. The number of carbonyl (C=O) groups is 3. The highest BCUT2D eigenvalue weighted by Gasteiger charge is 2.14. The van der Waals surface area contributed by atoms with Gasteiger partial charge in [-0.05, 0) is 84.8 Å². The van der Waals surface area contributed by atoms with Crippen molar-refractivity contribution in [3.05, 3.63) is 86.9 Å². The van der Waals surface area contributed by atoms with Crippen molar-refractivity contribution in [2.45, 2.75) is 47.1 Å². The van der Waals surface area contributed by atoms with Gasteiger partial charge in [0.2, 0.25) is 0 Å². The molecule has 10 heteroatoms. The van der Waals surface area contributed by atoms with Gasteiger partial charge >= 0.3 is 11.8 Å². The number of hydrogen-bond donors (Lipinski definition) is 3. The third-order valence-corrected chi connectivity index (χ3v) is 6.53. The Labute approximate surface area is 248 Å². The number of ether oxygens (including phenoxy) is 2. The smallest absolute Gasteiger partial charge is 0.329 e. The highest BCUT2D eigenvalue weighted by molar-refractivity contribution is 9.10. The number of hydrogen-bond acceptors (Lipinski definition) is 6. The Bertz CT molecular complexity index is 1400. The van der Waals surface area contributed by atoms with E-state index in [-0.39, 0.29) is 19.1 Å². The van der Waals surface area contributed by atoms with Gasteiger partial charge in [-0.3, -0.25) is 14.4 Å². The maximum atomic E-state index is 12.6. The number of nitrogens with one attached hydrogen (secondary N) is 3. The molecule has 0 fully saturated rings. The molecule has 0 aromatic heterocycles. The van der Waals surface area contributed by atoms with E-state index in [4.69, 9.17) is 9.47 Å². The minimum absolute atomic E-state index is 0.213. The lowest BCUT2D eigenvalue weighted by Gasteiger charge is -2.14. The lowest BCUT2D eigenvalue weighted by Crippen LogP contribution is -2.37. The molecule has 216 valence electrons. The van der Waals surface area contributed by atoms with E-state index in [2.05, 4.69) is 50.9 Å². The van der Waals surface area contributed by atoms with E-state index in [1.165, 1.54) is 11.8 Å². The Hall–Kier alpha value is -4.18. The molecule has 41 heavy (non-hydrogen) atoms. The average molecular weight is 624 g/mol.